The average Bonchev–Trinajstić information content (AvgIpc) is 2.88. The normalized spacial score (nSPS) is 10.9. The third kappa shape index (κ3) is 2.58. The second-order valence-electron chi connectivity index (χ2n) is 3.66. The molecule has 0 aliphatic heterocycles. The number of rotatable bonds is 4. The Morgan fingerprint density at radius 3 is 2.89 bits per heavy atom. The number of aryl methyl sites for hydroxylation is 1. The first-order valence-electron chi connectivity index (χ1n) is 5.53. The van der Waals surface area contributed by atoms with Crippen molar-refractivity contribution in [3.05, 3.63) is 36.3 Å². The van der Waals surface area contributed by atoms with Gasteiger partial charge in [-0.15, -0.1) is 6.42 Å². The lowest BCUT2D eigenvalue weighted by molar-refractivity contribution is 0.558. The highest BCUT2D eigenvalue weighted by molar-refractivity contribution is 7.92. The molecule has 0 aromatic carbocycles. The lowest BCUT2D eigenvalue weighted by Gasteiger charge is -2.10. The fourth-order valence-electron chi connectivity index (χ4n) is 1.58. The topological polar surface area (TPSA) is 76.9 Å². The van der Waals surface area contributed by atoms with Crippen molar-refractivity contribution in [2.45, 2.75) is 18.5 Å². The first-order chi connectivity index (χ1) is 9.08. The zero-order chi connectivity index (χ0) is 13.9. The van der Waals surface area contributed by atoms with Crippen LogP contribution in [0.15, 0.2) is 35.7 Å². The van der Waals surface area contributed by atoms with Gasteiger partial charge in [-0.25, -0.2) is 0 Å². The summed E-state index contributed by atoms with van der Waals surface area (Å²) < 4.78 is 28.3. The molecule has 19 heavy (non-hydrogen) atoms. The van der Waals surface area contributed by atoms with E-state index in [0.717, 1.165) is 0 Å². The van der Waals surface area contributed by atoms with Crippen LogP contribution in [0.25, 0.3) is 0 Å². The van der Waals surface area contributed by atoms with E-state index in [-0.39, 0.29) is 5.03 Å². The number of nitrogens with zero attached hydrogens (tertiary/aromatic N) is 3. The number of pyridine rings is 1. The standard InChI is InChI=1S/C12H12N4O2S/c1-3-10-9-13-7-5-11(10)15-19(17,18)12-6-8-14-16(12)4-2/h1,5-9H,4H2,2H3,(H,13,15). The minimum absolute atomic E-state index is 0.0924. The molecule has 2 rings (SSSR count). The van der Waals surface area contributed by atoms with Crippen LogP contribution in [0.5, 0.6) is 0 Å². The van der Waals surface area contributed by atoms with Gasteiger partial charge < -0.3 is 0 Å². The smallest absolute Gasteiger partial charge is 0.277 e. The molecule has 0 unspecified atom stereocenters. The quantitative estimate of drug-likeness (QED) is 0.848. The van der Waals surface area contributed by atoms with E-state index < -0.39 is 10.0 Å². The van der Waals surface area contributed by atoms with Gasteiger partial charge in [0.2, 0.25) is 0 Å². The number of hydrogen-bond acceptors (Lipinski definition) is 4. The fourth-order valence-corrected chi connectivity index (χ4v) is 2.85. The van der Waals surface area contributed by atoms with Gasteiger partial charge in [0.25, 0.3) is 10.0 Å². The van der Waals surface area contributed by atoms with E-state index in [1.807, 2.05) is 6.92 Å². The van der Waals surface area contributed by atoms with E-state index in [1.165, 1.54) is 35.4 Å². The van der Waals surface area contributed by atoms with Crippen LogP contribution < -0.4 is 4.72 Å². The molecule has 0 bridgehead atoms. The molecule has 1 N–H and O–H groups in total. The van der Waals surface area contributed by atoms with Crippen molar-refractivity contribution in [1.29, 1.82) is 0 Å². The highest BCUT2D eigenvalue weighted by Gasteiger charge is 2.19. The van der Waals surface area contributed by atoms with Gasteiger partial charge in [-0.2, -0.15) is 13.5 Å². The van der Waals surface area contributed by atoms with Crippen molar-refractivity contribution >= 4 is 15.7 Å². The molecule has 98 valence electrons. The van der Waals surface area contributed by atoms with Crippen LogP contribution in [0.3, 0.4) is 0 Å². The Morgan fingerprint density at radius 1 is 1.42 bits per heavy atom. The van der Waals surface area contributed by atoms with Crippen LogP contribution in [-0.4, -0.2) is 23.2 Å². The first kappa shape index (κ1) is 13.1. The van der Waals surface area contributed by atoms with Gasteiger partial charge in [-0.3, -0.25) is 14.4 Å². The fraction of sp³-hybridized carbons (Fsp3) is 0.167. The van der Waals surface area contributed by atoms with E-state index in [9.17, 15) is 8.42 Å². The Balaban J connectivity index is 2.40. The van der Waals surface area contributed by atoms with Gasteiger partial charge >= 0.3 is 0 Å². The number of anilines is 1. The maximum atomic E-state index is 12.2. The van der Waals surface area contributed by atoms with Crippen molar-refractivity contribution in [2.24, 2.45) is 0 Å². The van der Waals surface area contributed by atoms with Crippen LogP contribution in [0.1, 0.15) is 12.5 Å². The molecule has 0 fully saturated rings. The summed E-state index contributed by atoms with van der Waals surface area (Å²) in [6.45, 7) is 2.27. The molecule has 0 atom stereocenters. The lowest BCUT2D eigenvalue weighted by Crippen LogP contribution is -2.18. The number of sulfonamides is 1. The molecule has 0 aliphatic carbocycles. The molecule has 0 amide bonds. The summed E-state index contributed by atoms with van der Waals surface area (Å²) in [7, 11) is -3.72. The molecule has 0 spiro atoms. The van der Waals surface area contributed by atoms with Crippen LogP contribution in [-0.2, 0) is 16.6 Å². The minimum Gasteiger partial charge on any atom is -0.277 e. The van der Waals surface area contributed by atoms with Crippen molar-refractivity contribution in [3.8, 4) is 12.3 Å². The third-order valence-corrected chi connectivity index (χ3v) is 3.86. The van der Waals surface area contributed by atoms with Gasteiger partial charge in [0.15, 0.2) is 5.03 Å². The highest BCUT2D eigenvalue weighted by atomic mass is 32.2. The number of terminal acetylenes is 1. The molecular weight excluding hydrogens is 264 g/mol. The summed E-state index contributed by atoms with van der Waals surface area (Å²) >= 11 is 0. The Kier molecular flexibility index (Phi) is 3.53. The Morgan fingerprint density at radius 2 is 2.21 bits per heavy atom. The van der Waals surface area contributed by atoms with Crippen molar-refractivity contribution in [2.75, 3.05) is 4.72 Å². The van der Waals surface area contributed by atoms with Crippen molar-refractivity contribution in [1.82, 2.24) is 14.8 Å². The lowest BCUT2D eigenvalue weighted by atomic mass is 10.2. The number of nitrogens with one attached hydrogen (secondary N) is 1. The first-order valence-corrected chi connectivity index (χ1v) is 7.02. The predicted octanol–water partition coefficient (Wildman–Crippen LogP) is 1.08. The van der Waals surface area contributed by atoms with Gasteiger partial charge in [-0.1, -0.05) is 5.92 Å². The summed E-state index contributed by atoms with van der Waals surface area (Å²) in [6.07, 6.45) is 9.63. The molecule has 2 aromatic rings. The summed E-state index contributed by atoms with van der Waals surface area (Å²) in [4.78, 5) is 3.85. The second kappa shape index (κ2) is 5.12. The van der Waals surface area contributed by atoms with E-state index in [2.05, 4.69) is 20.7 Å². The molecule has 2 aromatic heterocycles. The summed E-state index contributed by atoms with van der Waals surface area (Å²) in [6, 6.07) is 2.95. The Hall–Kier alpha value is -2.33. The van der Waals surface area contributed by atoms with Gasteiger partial charge in [-0.05, 0) is 19.1 Å². The maximum absolute atomic E-state index is 12.2. The van der Waals surface area contributed by atoms with Crippen LogP contribution in [0.4, 0.5) is 5.69 Å². The molecule has 6 nitrogen and oxygen atoms in total. The van der Waals surface area contributed by atoms with Gasteiger partial charge in [0.1, 0.15) is 0 Å². The number of aromatic nitrogens is 3. The van der Waals surface area contributed by atoms with Crippen LogP contribution >= 0.6 is 0 Å². The third-order valence-electron chi connectivity index (χ3n) is 2.47. The predicted molar refractivity (Wildman–Crippen MR) is 70.9 cm³/mol. The molecule has 7 heteroatoms. The Bertz CT molecular complexity index is 728. The Labute approximate surface area is 111 Å². The summed E-state index contributed by atoms with van der Waals surface area (Å²) in [5.74, 6) is 2.38. The van der Waals surface area contributed by atoms with E-state index in [4.69, 9.17) is 6.42 Å². The minimum atomic E-state index is -3.72. The van der Waals surface area contributed by atoms with E-state index >= 15 is 0 Å². The zero-order valence-electron chi connectivity index (χ0n) is 10.2. The zero-order valence-corrected chi connectivity index (χ0v) is 11.1. The molecular formula is C12H12N4O2S. The summed E-state index contributed by atoms with van der Waals surface area (Å²) in [5.41, 5.74) is 0.704. The molecule has 0 aliphatic rings. The van der Waals surface area contributed by atoms with Crippen molar-refractivity contribution in [3.63, 3.8) is 0 Å². The monoisotopic (exact) mass is 276 g/mol. The SMILES string of the molecule is C#Cc1cnccc1NS(=O)(=O)c1ccnn1CC. The molecule has 0 saturated carbocycles. The largest absolute Gasteiger partial charge is 0.279 e. The number of hydrogen-bond donors (Lipinski definition) is 1. The second-order valence-corrected chi connectivity index (χ2v) is 5.29. The average molecular weight is 276 g/mol. The van der Waals surface area contributed by atoms with Gasteiger partial charge in [0, 0.05) is 18.9 Å². The molecule has 0 saturated heterocycles. The van der Waals surface area contributed by atoms with Crippen LogP contribution in [0, 0.1) is 12.3 Å². The van der Waals surface area contributed by atoms with E-state index in [0.29, 0.717) is 17.8 Å². The molecule has 0 radical (unpaired) electrons. The maximum Gasteiger partial charge on any atom is 0.279 e. The highest BCUT2D eigenvalue weighted by Crippen LogP contribution is 2.18. The van der Waals surface area contributed by atoms with Crippen molar-refractivity contribution < 1.29 is 8.42 Å². The summed E-state index contributed by atoms with van der Waals surface area (Å²) in [5, 5.41) is 4.02. The molecule has 2 heterocycles. The van der Waals surface area contributed by atoms with Crippen LogP contribution in [0.2, 0.25) is 0 Å². The van der Waals surface area contributed by atoms with E-state index in [1.54, 1.807) is 0 Å². The van der Waals surface area contributed by atoms with Gasteiger partial charge in [0.05, 0.1) is 17.4 Å².